The zero-order chi connectivity index (χ0) is 25.5. The van der Waals surface area contributed by atoms with Crippen LogP contribution in [0.25, 0.3) is 11.1 Å². The van der Waals surface area contributed by atoms with Crippen molar-refractivity contribution in [3.05, 3.63) is 53.1 Å². The van der Waals surface area contributed by atoms with Crippen LogP contribution in [0.15, 0.2) is 30.3 Å². The van der Waals surface area contributed by atoms with Gasteiger partial charge in [0, 0.05) is 25.2 Å². The lowest BCUT2D eigenvalue weighted by atomic mass is 9.98. The van der Waals surface area contributed by atoms with Crippen molar-refractivity contribution in [2.75, 3.05) is 13.7 Å². The summed E-state index contributed by atoms with van der Waals surface area (Å²) in [7, 11) is 1.77. The molecule has 1 saturated carbocycles. The summed E-state index contributed by atoms with van der Waals surface area (Å²) in [6, 6.07) is 10.4. The van der Waals surface area contributed by atoms with E-state index in [1.54, 1.807) is 19.2 Å². The molecule has 188 valence electrons. The van der Waals surface area contributed by atoms with Crippen LogP contribution in [0.4, 0.5) is 4.39 Å². The van der Waals surface area contributed by atoms with Crippen molar-refractivity contribution in [1.82, 2.24) is 4.98 Å². The first-order chi connectivity index (χ1) is 16.3. The van der Waals surface area contributed by atoms with Gasteiger partial charge >= 0.3 is 0 Å². The Morgan fingerprint density at radius 1 is 1.12 bits per heavy atom. The largest absolute Gasteiger partial charge is 0.385 e. The fourth-order valence-corrected chi connectivity index (χ4v) is 3.28. The fraction of sp³-hybridized carbons (Fsp3) is 0.600. The summed E-state index contributed by atoms with van der Waals surface area (Å²) >= 11 is 0. The number of aryl methyl sites for hydroxylation is 1. The minimum atomic E-state index is -0.253. The topological polar surface area (TPSA) is 45.9 Å². The van der Waals surface area contributed by atoms with Crippen LogP contribution >= 0.6 is 0 Å². The molecule has 0 bridgehead atoms. The van der Waals surface area contributed by atoms with E-state index in [9.17, 15) is 4.39 Å². The highest BCUT2D eigenvalue weighted by atomic mass is 19.1. The number of benzene rings is 1. The van der Waals surface area contributed by atoms with Gasteiger partial charge in [0.05, 0.1) is 17.0 Å². The number of ether oxygens (including phenoxy) is 1. The first-order valence-electron chi connectivity index (χ1n) is 12.9. The number of methoxy groups -OCH3 is 1. The van der Waals surface area contributed by atoms with Gasteiger partial charge in [0.15, 0.2) is 0 Å². The van der Waals surface area contributed by atoms with Gasteiger partial charge in [-0.15, -0.1) is 0 Å². The van der Waals surface area contributed by atoms with Gasteiger partial charge in [0.1, 0.15) is 11.9 Å². The summed E-state index contributed by atoms with van der Waals surface area (Å²) in [5, 5.41) is 9.13. The monoisotopic (exact) mass is 468 g/mol. The number of hydrogen-bond donors (Lipinski definition) is 0. The third kappa shape index (κ3) is 11.3. The summed E-state index contributed by atoms with van der Waals surface area (Å²) in [6.07, 6.45) is 8.86. The molecule has 1 aromatic heterocycles. The third-order valence-electron chi connectivity index (χ3n) is 6.16. The molecule has 3 rings (SSSR count). The van der Waals surface area contributed by atoms with Crippen LogP contribution < -0.4 is 0 Å². The molecule has 34 heavy (non-hydrogen) atoms. The Bertz CT molecular complexity index is 859. The van der Waals surface area contributed by atoms with E-state index in [0.29, 0.717) is 11.5 Å². The van der Waals surface area contributed by atoms with E-state index in [1.807, 2.05) is 13.0 Å². The lowest BCUT2D eigenvalue weighted by molar-refractivity contribution is 0.178. The third-order valence-corrected chi connectivity index (χ3v) is 6.16. The predicted molar refractivity (Wildman–Crippen MR) is 141 cm³/mol. The van der Waals surface area contributed by atoms with E-state index in [-0.39, 0.29) is 5.82 Å². The van der Waals surface area contributed by atoms with E-state index >= 15 is 0 Å². The predicted octanol–water partition coefficient (Wildman–Crippen LogP) is 8.85. The van der Waals surface area contributed by atoms with Crippen LogP contribution in [-0.4, -0.2) is 18.7 Å². The molecule has 1 atom stereocenters. The molecule has 1 aliphatic carbocycles. The smallest absolute Gasteiger partial charge is 0.123 e. The Morgan fingerprint density at radius 2 is 1.74 bits per heavy atom. The number of nitriles is 1. The molecule has 0 saturated heterocycles. The maximum absolute atomic E-state index is 13.0. The Kier molecular flexibility index (Phi) is 14.4. The molecule has 2 aromatic rings. The van der Waals surface area contributed by atoms with Crippen molar-refractivity contribution >= 4 is 0 Å². The standard InChI is InChI=1S/C16H13FN2.C9H20O.C5H12/c1-10-13(9-18)8-15(16(19-10)12-2-3-12)11-4-6-14(17)7-5-11;1-4-5-6-9(2)7-8-10-3;1-4-5(2)3/h4-8,12H,2-3H2,1H3;9H,4-8H2,1-3H3;5H,4H2,1-3H3. The van der Waals surface area contributed by atoms with Crippen LogP contribution in [0, 0.1) is 35.9 Å². The van der Waals surface area contributed by atoms with Gasteiger partial charge in [-0.25, -0.2) is 4.39 Å². The molecule has 0 amide bonds. The number of nitrogens with zero attached hydrogens (tertiary/aromatic N) is 2. The van der Waals surface area contributed by atoms with E-state index in [2.05, 4.69) is 45.7 Å². The lowest BCUT2D eigenvalue weighted by Crippen LogP contribution is -1.99. The molecule has 3 nitrogen and oxygen atoms in total. The van der Waals surface area contributed by atoms with Crippen LogP contribution in [0.2, 0.25) is 0 Å². The van der Waals surface area contributed by atoms with E-state index in [4.69, 9.17) is 10.00 Å². The number of pyridine rings is 1. The Hall–Kier alpha value is -2.25. The molecule has 1 aromatic carbocycles. The zero-order valence-corrected chi connectivity index (χ0v) is 22.5. The second-order valence-corrected chi connectivity index (χ2v) is 9.78. The first-order valence-corrected chi connectivity index (χ1v) is 12.9. The lowest BCUT2D eigenvalue weighted by Gasteiger charge is -2.10. The quantitative estimate of drug-likeness (QED) is 0.369. The second kappa shape index (κ2) is 16.4. The molecule has 1 heterocycles. The zero-order valence-electron chi connectivity index (χ0n) is 22.5. The fourth-order valence-electron chi connectivity index (χ4n) is 3.28. The van der Waals surface area contributed by atoms with Crippen molar-refractivity contribution in [1.29, 1.82) is 5.26 Å². The van der Waals surface area contributed by atoms with Crippen molar-refractivity contribution in [2.45, 2.75) is 92.4 Å². The molecule has 4 heteroatoms. The molecule has 0 N–H and O–H groups in total. The average Bonchev–Trinajstić information content (AvgIpc) is 3.68. The highest BCUT2D eigenvalue weighted by Crippen LogP contribution is 2.43. The number of halogens is 1. The minimum Gasteiger partial charge on any atom is -0.385 e. The van der Waals surface area contributed by atoms with E-state index in [0.717, 1.165) is 53.8 Å². The van der Waals surface area contributed by atoms with E-state index < -0.39 is 0 Å². The second-order valence-electron chi connectivity index (χ2n) is 9.78. The Labute approximate surface area is 207 Å². The molecule has 1 fully saturated rings. The van der Waals surface area contributed by atoms with Crippen LogP contribution in [0.5, 0.6) is 0 Å². The van der Waals surface area contributed by atoms with E-state index in [1.165, 1.54) is 44.2 Å². The first kappa shape index (κ1) is 29.8. The number of aromatic nitrogens is 1. The van der Waals surface area contributed by atoms with Gasteiger partial charge in [-0.1, -0.05) is 72.4 Å². The summed E-state index contributed by atoms with van der Waals surface area (Å²) in [5.41, 5.74) is 4.29. The molecule has 1 unspecified atom stereocenters. The Balaban J connectivity index is 0.000000325. The normalized spacial score (nSPS) is 13.3. The number of unbranched alkanes of at least 4 members (excludes halogenated alkanes) is 1. The maximum atomic E-state index is 13.0. The Morgan fingerprint density at radius 3 is 2.21 bits per heavy atom. The van der Waals surface area contributed by atoms with Gasteiger partial charge in [-0.3, -0.25) is 4.98 Å². The number of rotatable bonds is 9. The van der Waals surface area contributed by atoms with Gasteiger partial charge in [0.25, 0.3) is 0 Å². The van der Waals surface area contributed by atoms with Crippen LogP contribution in [0.3, 0.4) is 0 Å². The van der Waals surface area contributed by atoms with Gasteiger partial charge in [0.2, 0.25) is 0 Å². The van der Waals surface area contributed by atoms with Gasteiger partial charge in [-0.2, -0.15) is 5.26 Å². The van der Waals surface area contributed by atoms with Crippen molar-refractivity contribution < 1.29 is 9.13 Å². The highest BCUT2D eigenvalue weighted by Gasteiger charge is 2.28. The van der Waals surface area contributed by atoms with Gasteiger partial charge in [-0.05, 0) is 61.8 Å². The van der Waals surface area contributed by atoms with Crippen molar-refractivity contribution in [3.63, 3.8) is 0 Å². The minimum absolute atomic E-state index is 0.253. The van der Waals surface area contributed by atoms with Crippen molar-refractivity contribution in [3.8, 4) is 17.2 Å². The molecule has 0 spiro atoms. The summed E-state index contributed by atoms with van der Waals surface area (Å²) < 4.78 is 18.0. The SMILES string of the molecule is CCC(C)C.CCCCC(C)CCOC.Cc1nc(C2CC2)c(-c2ccc(F)cc2)cc1C#N. The molecular weight excluding hydrogens is 423 g/mol. The average molecular weight is 469 g/mol. The van der Waals surface area contributed by atoms with Crippen LogP contribution in [0.1, 0.15) is 102 Å². The van der Waals surface area contributed by atoms with Crippen LogP contribution in [-0.2, 0) is 4.74 Å². The van der Waals surface area contributed by atoms with Gasteiger partial charge < -0.3 is 4.74 Å². The highest BCUT2D eigenvalue weighted by molar-refractivity contribution is 5.69. The molecule has 1 aliphatic rings. The maximum Gasteiger partial charge on any atom is 0.123 e. The summed E-state index contributed by atoms with van der Waals surface area (Å²) in [4.78, 5) is 4.59. The summed E-state index contributed by atoms with van der Waals surface area (Å²) in [5.74, 6) is 1.97. The molecule has 0 aliphatic heterocycles. The molecule has 0 radical (unpaired) electrons. The summed E-state index contributed by atoms with van der Waals surface area (Å²) in [6.45, 7) is 14.0. The number of hydrogen-bond acceptors (Lipinski definition) is 3. The van der Waals surface area contributed by atoms with Crippen molar-refractivity contribution in [2.24, 2.45) is 11.8 Å². The molecular formula is C30H45FN2O.